The lowest BCUT2D eigenvalue weighted by molar-refractivity contribution is -0.120. The van der Waals surface area contributed by atoms with Gasteiger partial charge in [0.1, 0.15) is 0 Å². The molecule has 0 radical (unpaired) electrons. The number of hydrogen-bond donors (Lipinski definition) is 4. The molecule has 0 heterocycles. The van der Waals surface area contributed by atoms with Crippen LogP contribution in [-0.2, 0) is 23.8 Å². The lowest BCUT2D eigenvalue weighted by atomic mass is 9.98. The van der Waals surface area contributed by atoms with Crippen LogP contribution >= 0.6 is 0 Å². The molecule has 11 nitrogen and oxygen atoms in total. The Labute approximate surface area is 194 Å². The quantitative estimate of drug-likeness (QED) is 0.0875. The number of hydrogen-bond acceptors (Lipinski definition) is 9. The third kappa shape index (κ3) is 12.3. The van der Waals surface area contributed by atoms with Crippen molar-refractivity contribution in [3.63, 3.8) is 0 Å². The molecule has 186 valence electrons. The van der Waals surface area contributed by atoms with Crippen LogP contribution in [-0.4, -0.2) is 84.0 Å². The van der Waals surface area contributed by atoms with Crippen LogP contribution < -0.4 is 21.8 Å². The van der Waals surface area contributed by atoms with E-state index in [1.54, 1.807) is 18.2 Å². The third-order valence-corrected chi connectivity index (χ3v) is 4.28. The lowest BCUT2D eigenvalue weighted by Crippen LogP contribution is -2.27. The maximum atomic E-state index is 12.7. The number of anilines is 1. The summed E-state index contributed by atoms with van der Waals surface area (Å²) >= 11 is 0. The van der Waals surface area contributed by atoms with Crippen LogP contribution in [0.15, 0.2) is 18.2 Å². The summed E-state index contributed by atoms with van der Waals surface area (Å²) < 4.78 is 16.1. The van der Waals surface area contributed by atoms with Crippen molar-refractivity contribution < 1.29 is 33.4 Å². The van der Waals surface area contributed by atoms with Crippen LogP contribution in [0.4, 0.5) is 5.69 Å². The zero-order chi connectivity index (χ0) is 24.2. The molecule has 0 aliphatic carbocycles. The first-order valence-corrected chi connectivity index (χ1v) is 11.1. The fourth-order valence-electron chi connectivity index (χ4n) is 2.84. The summed E-state index contributed by atoms with van der Waals surface area (Å²) in [7, 11) is 0. The van der Waals surface area contributed by atoms with Crippen molar-refractivity contribution in [3.05, 3.63) is 29.3 Å². The zero-order valence-corrected chi connectivity index (χ0v) is 19.2. The number of carbonyl (C=O) groups is 3. The van der Waals surface area contributed by atoms with Gasteiger partial charge in [0, 0.05) is 37.3 Å². The van der Waals surface area contributed by atoms with Crippen LogP contribution in [0.3, 0.4) is 0 Å². The summed E-state index contributed by atoms with van der Waals surface area (Å²) in [6.45, 7) is 6.18. The molecule has 2 amide bonds. The molecule has 0 fully saturated rings. The average Bonchev–Trinajstić information content (AvgIpc) is 2.82. The lowest BCUT2D eigenvalue weighted by Gasteiger charge is -2.15. The molecular weight excluding hydrogens is 432 g/mol. The van der Waals surface area contributed by atoms with Crippen LogP contribution in [0.1, 0.15) is 40.5 Å². The van der Waals surface area contributed by atoms with E-state index in [1.807, 2.05) is 6.92 Å². The molecule has 33 heavy (non-hydrogen) atoms. The molecule has 0 saturated heterocycles. The van der Waals surface area contributed by atoms with E-state index in [4.69, 9.17) is 24.8 Å². The molecule has 1 aromatic rings. The van der Waals surface area contributed by atoms with Gasteiger partial charge in [-0.05, 0) is 19.4 Å². The highest BCUT2D eigenvalue weighted by atomic mass is 16.6. The molecule has 0 spiro atoms. The summed E-state index contributed by atoms with van der Waals surface area (Å²) in [5.41, 5.74) is 8.60. The van der Waals surface area contributed by atoms with Crippen LogP contribution in [0, 0.1) is 0 Å². The molecule has 0 aliphatic heterocycles. The molecule has 0 aromatic heterocycles. The summed E-state index contributed by atoms with van der Waals surface area (Å²) in [4.78, 5) is 40.4. The van der Waals surface area contributed by atoms with Crippen molar-refractivity contribution in [2.24, 2.45) is 5.73 Å². The largest absolute Gasteiger partial charge is 0.382 e. The first-order chi connectivity index (χ1) is 16.2. The van der Waals surface area contributed by atoms with E-state index in [9.17, 15) is 14.4 Å². The molecule has 0 saturated carbocycles. The minimum absolute atomic E-state index is 0.177. The highest BCUT2D eigenvalue weighted by molar-refractivity contribution is 6.11. The molecule has 1 rings (SSSR count). The second-order valence-corrected chi connectivity index (χ2v) is 6.75. The van der Waals surface area contributed by atoms with E-state index < -0.39 is 0 Å². The van der Waals surface area contributed by atoms with Gasteiger partial charge in [-0.25, -0.2) is 5.48 Å². The van der Waals surface area contributed by atoms with Crippen molar-refractivity contribution in [1.29, 1.82) is 0 Å². The van der Waals surface area contributed by atoms with Crippen molar-refractivity contribution in [3.8, 4) is 0 Å². The van der Waals surface area contributed by atoms with Gasteiger partial charge in [0.15, 0.2) is 5.78 Å². The van der Waals surface area contributed by atoms with E-state index >= 15 is 0 Å². The number of hydroxylamine groups is 1. The summed E-state index contributed by atoms with van der Waals surface area (Å²) in [6, 6.07) is 5.11. The highest BCUT2D eigenvalue weighted by Gasteiger charge is 2.20. The van der Waals surface area contributed by atoms with Gasteiger partial charge in [-0.1, -0.05) is 12.1 Å². The van der Waals surface area contributed by atoms with E-state index in [0.717, 1.165) is 0 Å². The Morgan fingerprint density at radius 2 is 1.70 bits per heavy atom. The predicted molar refractivity (Wildman–Crippen MR) is 123 cm³/mol. The second kappa shape index (κ2) is 18.9. The van der Waals surface area contributed by atoms with E-state index in [-0.39, 0.29) is 24.7 Å². The number of rotatable bonds is 21. The number of nitrogens with one attached hydrogen (secondary N) is 3. The number of carbonyl (C=O) groups excluding carboxylic acids is 3. The first kappa shape index (κ1) is 28.5. The Balaban J connectivity index is 2.53. The molecule has 0 bridgehead atoms. The average molecular weight is 469 g/mol. The van der Waals surface area contributed by atoms with Gasteiger partial charge in [0.25, 0.3) is 5.91 Å². The van der Waals surface area contributed by atoms with Gasteiger partial charge in [-0.2, -0.15) is 0 Å². The zero-order valence-electron chi connectivity index (χ0n) is 19.2. The number of nitrogens with two attached hydrogens (primary N) is 1. The van der Waals surface area contributed by atoms with Crippen molar-refractivity contribution in [1.82, 2.24) is 10.8 Å². The predicted octanol–water partition coefficient (Wildman–Crippen LogP) is 0.497. The fourth-order valence-corrected chi connectivity index (χ4v) is 2.84. The number of ether oxygens (including phenoxy) is 3. The molecule has 5 N–H and O–H groups in total. The Morgan fingerprint density at radius 1 is 1.00 bits per heavy atom. The Morgan fingerprint density at radius 3 is 2.36 bits per heavy atom. The summed E-state index contributed by atoms with van der Waals surface area (Å²) in [5.74, 6) is -0.507. The van der Waals surface area contributed by atoms with E-state index in [2.05, 4.69) is 16.1 Å². The van der Waals surface area contributed by atoms with Crippen LogP contribution in [0.2, 0.25) is 0 Å². The second-order valence-electron chi connectivity index (χ2n) is 6.75. The molecular formula is C22H36N4O7. The maximum Gasteiger partial charge on any atom is 0.254 e. The van der Waals surface area contributed by atoms with Crippen molar-refractivity contribution in [2.45, 2.75) is 19.8 Å². The topological polar surface area (TPSA) is 150 Å². The summed E-state index contributed by atoms with van der Waals surface area (Å²) in [5, 5.41) is 5.93. The number of ketones is 1. The molecule has 0 unspecified atom stereocenters. The van der Waals surface area contributed by atoms with E-state index in [0.29, 0.717) is 88.9 Å². The summed E-state index contributed by atoms with van der Waals surface area (Å²) in [6.07, 6.45) is 0.999. The monoisotopic (exact) mass is 468 g/mol. The molecule has 11 heteroatoms. The van der Waals surface area contributed by atoms with Crippen LogP contribution in [0.25, 0.3) is 0 Å². The SMILES string of the molecule is CCNC(=O)c1c(NCCOCCOCCOCCN)cccc1C(=O)CCCONC=O. The van der Waals surface area contributed by atoms with Crippen molar-refractivity contribution >= 4 is 23.8 Å². The normalized spacial score (nSPS) is 10.6. The van der Waals surface area contributed by atoms with Gasteiger partial charge in [0.05, 0.1) is 51.8 Å². The minimum Gasteiger partial charge on any atom is -0.382 e. The Hall–Kier alpha value is -2.57. The van der Waals surface area contributed by atoms with Gasteiger partial charge in [0.2, 0.25) is 6.41 Å². The first-order valence-electron chi connectivity index (χ1n) is 11.1. The third-order valence-electron chi connectivity index (χ3n) is 4.28. The molecule has 0 aliphatic rings. The van der Waals surface area contributed by atoms with Crippen LogP contribution in [0.5, 0.6) is 0 Å². The number of Topliss-reactive ketones (excluding diaryl/α,β-unsaturated/α-hetero) is 1. The number of amides is 2. The molecule has 1 aromatic carbocycles. The maximum absolute atomic E-state index is 12.7. The van der Waals surface area contributed by atoms with E-state index in [1.165, 1.54) is 0 Å². The van der Waals surface area contributed by atoms with Gasteiger partial charge >= 0.3 is 0 Å². The Kier molecular flexibility index (Phi) is 16.3. The Bertz CT molecular complexity index is 703. The van der Waals surface area contributed by atoms with Gasteiger partial charge in [-0.15, -0.1) is 0 Å². The van der Waals surface area contributed by atoms with Crippen molar-refractivity contribution in [2.75, 3.05) is 71.2 Å². The van der Waals surface area contributed by atoms with Gasteiger partial charge < -0.3 is 30.6 Å². The van der Waals surface area contributed by atoms with Gasteiger partial charge in [-0.3, -0.25) is 19.2 Å². The highest BCUT2D eigenvalue weighted by Crippen LogP contribution is 2.22. The smallest absolute Gasteiger partial charge is 0.254 e. The number of benzene rings is 1. The standard InChI is InChI=1S/C22H36N4O7/c1-2-24-22(29)21-18(20(28)7-4-10-33-26-17-27)5-3-6-19(21)25-9-12-31-14-16-32-15-13-30-11-8-23/h3,5-6,17,25H,2,4,7-16,23H2,1H3,(H,24,29)(H,26,27). The minimum atomic E-state index is -0.325. The molecule has 0 atom stereocenters. The fraction of sp³-hybridized carbons (Fsp3) is 0.591.